The lowest BCUT2D eigenvalue weighted by Crippen LogP contribution is -2.44. The second-order valence-corrected chi connectivity index (χ2v) is 14.4. The molecule has 0 aliphatic heterocycles. The molecule has 1 unspecified atom stereocenters. The Kier molecular flexibility index (Phi) is 12.7. The number of nitrogens with one attached hydrogen (secondary N) is 1. The Labute approximate surface area is 302 Å². The van der Waals surface area contributed by atoms with Gasteiger partial charge in [-0.2, -0.15) is 10.1 Å². The molecule has 50 heavy (non-hydrogen) atoms. The molecule has 2 aromatic heterocycles. The zero-order valence-corrected chi connectivity index (χ0v) is 30.7. The van der Waals surface area contributed by atoms with Gasteiger partial charge in [0, 0.05) is 66.4 Å². The SMILES string of the molecule is CC(c1cn[nH]c1)c1cn(CC(=O)N(CCN(C(C)C)C(C)C)Cc2ccc(-c3ccc(Cl)cc3)cc2)c(SCc2ccc(F)cc2)nc1=O. The summed E-state index contributed by atoms with van der Waals surface area (Å²) in [6.45, 7) is 12.3. The Bertz CT molecular complexity index is 1890. The summed E-state index contributed by atoms with van der Waals surface area (Å²) in [6.07, 6.45) is 5.20. The molecule has 0 fully saturated rings. The van der Waals surface area contributed by atoms with Crippen LogP contribution in [0.25, 0.3) is 11.1 Å². The van der Waals surface area contributed by atoms with Gasteiger partial charge in [-0.3, -0.25) is 19.6 Å². The normalized spacial score (nSPS) is 12.2. The summed E-state index contributed by atoms with van der Waals surface area (Å²) >= 11 is 7.44. The fraction of sp³-hybridized carbons (Fsp3) is 0.333. The molecule has 2 heterocycles. The molecule has 262 valence electrons. The van der Waals surface area contributed by atoms with Crippen molar-refractivity contribution >= 4 is 29.3 Å². The molecule has 0 saturated heterocycles. The van der Waals surface area contributed by atoms with Crippen LogP contribution in [-0.4, -0.2) is 60.6 Å². The molecule has 0 saturated carbocycles. The molecule has 0 radical (unpaired) electrons. The number of nitrogens with zero attached hydrogens (tertiary/aromatic N) is 5. The van der Waals surface area contributed by atoms with E-state index in [1.54, 1.807) is 35.3 Å². The molecule has 5 aromatic rings. The lowest BCUT2D eigenvalue weighted by Gasteiger charge is -2.33. The van der Waals surface area contributed by atoms with Crippen LogP contribution in [0.1, 0.15) is 62.8 Å². The molecule has 1 N–H and O–H groups in total. The van der Waals surface area contributed by atoms with Gasteiger partial charge in [-0.25, -0.2) is 4.39 Å². The van der Waals surface area contributed by atoms with Gasteiger partial charge >= 0.3 is 0 Å². The van der Waals surface area contributed by atoms with Crippen LogP contribution < -0.4 is 5.56 Å². The van der Waals surface area contributed by atoms with E-state index in [-0.39, 0.29) is 29.7 Å². The van der Waals surface area contributed by atoms with Crippen molar-refractivity contribution in [2.45, 2.75) is 76.6 Å². The summed E-state index contributed by atoms with van der Waals surface area (Å²) in [4.78, 5) is 36.5. The van der Waals surface area contributed by atoms with E-state index < -0.39 is 0 Å². The molecule has 1 amide bonds. The van der Waals surface area contributed by atoms with Gasteiger partial charge in [-0.1, -0.05) is 78.8 Å². The van der Waals surface area contributed by atoms with E-state index in [1.165, 1.54) is 23.9 Å². The molecule has 5 rings (SSSR count). The maximum atomic E-state index is 14.4. The van der Waals surface area contributed by atoms with Crippen molar-refractivity contribution in [1.29, 1.82) is 0 Å². The molecule has 0 aliphatic rings. The van der Waals surface area contributed by atoms with Crippen LogP contribution in [0.2, 0.25) is 5.02 Å². The highest BCUT2D eigenvalue weighted by atomic mass is 35.5. The van der Waals surface area contributed by atoms with E-state index in [0.29, 0.717) is 53.2 Å². The van der Waals surface area contributed by atoms with Gasteiger partial charge in [-0.15, -0.1) is 0 Å². The highest BCUT2D eigenvalue weighted by Crippen LogP contribution is 2.26. The minimum absolute atomic E-state index is 0.00362. The van der Waals surface area contributed by atoms with E-state index in [0.717, 1.165) is 27.8 Å². The first-order chi connectivity index (χ1) is 24.0. The summed E-state index contributed by atoms with van der Waals surface area (Å²) in [6, 6.07) is 22.8. The molecule has 0 aliphatic carbocycles. The Hall–Kier alpha value is -4.25. The van der Waals surface area contributed by atoms with E-state index in [1.807, 2.05) is 36.1 Å². The smallest absolute Gasteiger partial charge is 0.277 e. The third-order valence-corrected chi connectivity index (χ3v) is 10.2. The van der Waals surface area contributed by atoms with E-state index in [4.69, 9.17) is 11.6 Å². The number of amides is 1. The fourth-order valence-electron chi connectivity index (χ4n) is 5.98. The van der Waals surface area contributed by atoms with Crippen LogP contribution >= 0.6 is 23.4 Å². The van der Waals surface area contributed by atoms with Crippen molar-refractivity contribution in [2.24, 2.45) is 0 Å². The number of carbonyl (C=O) groups excluding carboxylic acids is 1. The van der Waals surface area contributed by atoms with Gasteiger partial charge in [0.15, 0.2) is 5.16 Å². The van der Waals surface area contributed by atoms with Crippen molar-refractivity contribution in [1.82, 2.24) is 29.5 Å². The second-order valence-electron chi connectivity index (χ2n) is 13.0. The monoisotopic (exact) mass is 714 g/mol. The van der Waals surface area contributed by atoms with Gasteiger partial charge in [0.2, 0.25) is 5.91 Å². The number of aromatic amines is 1. The second kappa shape index (κ2) is 17.1. The standard InChI is InChI=1S/C39H44ClFN6O2S/c1-26(2)47(27(3)4)19-18-45(22-29-6-10-31(11-7-29)32-12-14-34(40)15-13-32)37(48)24-46-23-36(28(5)33-20-42-43-21-33)38(49)44-39(46)50-25-30-8-16-35(41)17-9-30/h6-17,20-21,23,26-28H,18-19,22,24-25H2,1-5H3,(H,42,43). The van der Waals surface area contributed by atoms with Crippen molar-refractivity contribution in [2.75, 3.05) is 13.1 Å². The quantitative estimate of drug-likeness (QED) is 0.0874. The fourth-order valence-corrected chi connectivity index (χ4v) is 7.02. The van der Waals surface area contributed by atoms with Crippen LogP contribution in [0, 0.1) is 5.82 Å². The summed E-state index contributed by atoms with van der Waals surface area (Å²) in [5.41, 5.74) is 4.98. The topological polar surface area (TPSA) is 87.1 Å². The van der Waals surface area contributed by atoms with Crippen LogP contribution in [-0.2, 0) is 23.6 Å². The molecule has 0 spiro atoms. The third kappa shape index (κ3) is 9.71. The maximum absolute atomic E-state index is 14.4. The number of benzene rings is 3. The number of hydrogen-bond donors (Lipinski definition) is 1. The van der Waals surface area contributed by atoms with Gasteiger partial charge in [0.05, 0.1) is 6.20 Å². The summed E-state index contributed by atoms with van der Waals surface area (Å²) in [5.74, 6) is -0.230. The van der Waals surface area contributed by atoms with Crippen LogP contribution in [0.4, 0.5) is 4.39 Å². The summed E-state index contributed by atoms with van der Waals surface area (Å²) in [7, 11) is 0. The maximum Gasteiger partial charge on any atom is 0.277 e. The number of hydrogen-bond acceptors (Lipinski definition) is 6. The minimum Gasteiger partial charge on any atom is -0.336 e. The Morgan fingerprint density at radius 1 is 0.900 bits per heavy atom. The molecule has 0 bridgehead atoms. The van der Waals surface area contributed by atoms with Crippen LogP contribution in [0.3, 0.4) is 0 Å². The average Bonchev–Trinajstić information content (AvgIpc) is 3.64. The van der Waals surface area contributed by atoms with E-state index in [9.17, 15) is 14.0 Å². The van der Waals surface area contributed by atoms with Crippen LogP contribution in [0.15, 0.2) is 101 Å². The molecule has 1 atom stereocenters. The number of H-pyrrole nitrogens is 1. The first-order valence-corrected chi connectivity index (χ1v) is 18.2. The van der Waals surface area contributed by atoms with Crippen molar-refractivity contribution < 1.29 is 9.18 Å². The van der Waals surface area contributed by atoms with Crippen LogP contribution in [0.5, 0.6) is 0 Å². The molecule has 3 aromatic carbocycles. The lowest BCUT2D eigenvalue weighted by molar-refractivity contribution is -0.133. The predicted octanol–water partition coefficient (Wildman–Crippen LogP) is 8.02. The van der Waals surface area contributed by atoms with Gasteiger partial charge in [0.25, 0.3) is 5.56 Å². The van der Waals surface area contributed by atoms with E-state index in [2.05, 4.69) is 72.0 Å². The van der Waals surface area contributed by atoms with Crippen molar-refractivity contribution in [3.63, 3.8) is 0 Å². The molecule has 11 heteroatoms. The highest BCUT2D eigenvalue weighted by Gasteiger charge is 2.23. The number of thioether (sulfide) groups is 1. The first-order valence-electron chi connectivity index (χ1n) is 16.8. The Balaban J connectivity index is 1.44. The number of aromatic nitrogens is 4. The Morgan fingerprint density at radius 2 is 1.52 bits per heavy atom. The number of halogens is 2. The number of carbonyl (C=O) groups is 1. The van der Waals surface area contributed by atoms with Gasteiger partial charge in [-0.05, 0) is 79.8 Å². The Morgan fingerprint density at radius 3 is 2.12 bits per heavy atom. The summed E-state index contributed by atoms with van der Waals surface area (Å²) < 4.78 is 15.4. The van der Waals surface area contributed by atoms with E-state index >= 15 is 0 Å². The first kappa shape index (κ1) is 37.0. The largest absolute Gasteiger partial charge is 0.336 e. The zero-order valence-electron chi connectivity index (χ0n) is 29.1. The summed E-state index contributed by atoms with van der Waals surface area (Å²) in [5, 5.41) is 7.98. The zero-order chi connectivity index (χ0) is 35.8. The lowest BCUT2D eigenvalue weighted by atomic mass is 9.98. The predicted molar refractivity (Wildman–Crippen MR) is 200 cm³/mol. The molecule has 8 nitrogen and oxygen atoms in total. The minimum atomic E-state index is -0.355. The highest BCUT2D eigenvalue weighted by molar-refractivity contribution is 7.98. The molecular formula is C39H44ClFN6O2S. The third-order valence-electron chi connectivity index (χ3n) is 8.87. The van der Waals surface area contributed by atoms with Gasteiger partial charge < -0.3 is 9.47 Å². The van der Waals surface area contributed by atoms with Crippen molar-refractivity contribution in [3.05, 3.63) is 135 Å². The number of rotatable bonds is 15. The van der Waals surface area contributed by atoms with Crippen molar-refractivity contribution in [3.8, 4) is 11.1 Å². The van der Waals surface area contributed by atoms with Gasteiger partial charge in [0.1, 0.15) is 12.4 Å². The molecular weight excluding hydrogens is 671 g/mol. The average molecular weight is 715 g/mol.